The Morgan fingerprint density at radius 1 is 1.13 bits per heavy atom. The van der Waals surface area contributed by atoms with Crippen LogP contribution in [-0.4, -0.2) is 12.5 Å². The molecule has 0 spiro atoms. The number of benzene rings is 2. The summed E-state index contributed by atoms with van der Waals surface area (Å²) in [5.74, 6) is 0.545. The molecule has 1 amide bonds. The molecule has 0 aromatic heterocycles. The molecule has 0 fully saturated rings. The second-order valence-electron chi connectivity index (χ2n) is 5.42. The fourth-order valence-corrected chi connectivity index (χ4v) is 2.33. The molecule has 2 aromatic rings. The average Bonchev–Trinajstić information content (AvgIpc) is 2.55. The molecule has 0 saturated heterocycles. The van der Waals surface area contributed by atoms with Crippen molar-refractivity contribution in [2.45, 2.75) is 32.7 Å². The molecule has 0 aliphatic carbocycles. The van der Waals surface area contributed by atoms with Crippen LogP contribution in [0.5, 0.6) is 5.75 Å². The van der Waals surface area contributed by atoms with E-state index in [1.165, 1.54) is 12.1 Å². The largest absolute Gasteiger partial charge is 0.494 e. The van der Waals surface area contributed by atoms with Crippen molar-refractivity contribution in [3.05, 3.63) is 65.5 Å². The van der Waals surface area contributed by atoms with E-state index in [2.05, 4.69) is 5.32 Å². The second-order valence-corrected chi connectivity index (χ2v) is 5.42. The van der Waals surface area contributed by atoms with Crippen molar-refractivity contribution in [3.63, 3.8) is 0 Å². The molecule has 3 nitrogen and oxygen atoms in total. The molecule has 0 radical (unpaired) electrons. The highest BCUT2D eigenvalue weighted by Gasteiger charge is 2.10. The van der Waals surface area contributed by atoms with Crippen molar-refractivity contribution in [2.75, 3.05) is 6.61 Å². The zero-order valence-electron chi connectivity index (χ0n) is 13.5. The quantitative estimate of drug-likeness (QED) is 0.837. The summed E-state index contributed by atoms with van der Waals surface area (Å²) in [7, 11) is 0. The summed E-state index contributed by atoms with van der Waals surface area (Å²) in [5, 5.41) is 2.98. The molecule has 0 heterocycles. The molecule has 0 aliphatic heterocycles. The van der Waals surface area contributed by atoms with E-state index in [0.29, 0.717) is 19.4 Å². The van der Waals surface area contributed by atoms with E-state index >= 15 is 0 Å². The summed E-state index contributed by atoms with van der Waals surface area (Å²) in [4.78, 5) is 12.0. The summed E-state index contributed by atoms with van der Waals surface area (Å²) < 4.78 is 18.2. The van der Waals surface area contributed by atoms with Crippen LogP contribution < -0.4 is 10.1 Å². The van der Waals surface area contributed by atoms with Gasteiger partial charge < -0.3 is 10.1 Å². The van der Waals surface area contributed by atoms with Gasteiger partial charge in [0.25, 0.3) is 0 Å². The number of carbonyl (C=O) groups excluding carboxylic acids is 1. The summed E-state index contributed by atoms with van der Waals surface area (Å²) >= 11 is 0. The van der Waals surface area contributed by atoms with Crippen LogP contribution >= 0.6 is 0 Å². The first-order valence-corrected chi connectivity index (χ1v) is 7.85. The lowest BCUT2D eigenvalue weighted by Gasteiger charge is -2.15. The van der Waals surface area contributed by atoms with Crippen molar-refractivity contribution >= 4 is 5.91 Å². The Labute approximate surface area is 136 Å². The van der Waals surface area contributed by atoms with E-state index < -0.39 is 0 Å². The van der Waals surface area contributed by atoms with Gasteiger partial charge in [0.05, 0.1) is 12.6 Å². The number of nitrogens with one attached hydrogen (secondary N) is 1. The van der Waals surface area contributed by atoms with Gasteiger partial charge in [0, 0.05) is 6.42 Å². The number of ether oxygens (including phenoxy) is 1. The van der Waals surface area contributed by atoms with Gasteiger partial charge in [0.15, 0.2) is 0 Å². The predicted molar refractivity (Wildman–Crippen MR) is 88.9 cm³/mol. The molecule has 0 bridgehead atoms. The Bertz CT molecular complexity index is 623. The molecule has 4 heteroatoms. The molecule has 2 aromatic carbocycles. The lowest BCUT2D eigenvalue weighted by atomic mass is 10.1. The predicted octanol–water partition coefficient (Wildman–Crippen LogP) is 4.03. The van der Waals surface area contributed by atoms with Gasteiger partial charge in [0.2, 0.25) is 5.91 Å². The van der Waals surface area contributed by atoms with Crippen LogP contribution in [-0.2, 0) is 11.2 Å². The fraction of sp³-hybridized carbons (Fsp3) is 0.316. The van der Waals surface area contributed by atoms with Gasteiger partial charge in [-0.2, -0.15) is 0 Å². The highest BCUT2D eigenvalue weighted by molar-refractivity contribution is 5.76. The number of hydrogen-bond donors (Lipinski definition) is 1. The lowest BCUT2D eigenvalue weighted by Crippen LogP contribution is -2.26. The summed E-state index contributed by atoms with van der Waals surface area (Å²) in [5.41, 5.74) is 1.99. The Morgan fingerprint density at radius 3 is 2.39 bits per heavy atom. The maximum absolute atomic E-state index is 12.8. The van der Waals surface area contributed by atoms with E-state index in [1.807, 2.05) is 38.1 Å². The summed E-state index contributed by atoms with van der Waals surface area (Å²) in [6, 6.07) is 13.9. The molecular weight excluding hydrogens is 293 g/mol. The van der Waals surface area contributed by atoms with Gasteiger partial charge in [-0.1, -0.05) is 24.3 Å². The smallest absolute Gasteiger partial charge is 0.220 e. The van der Waals surface area contributed by atoms with Gasteiger partial charge in [-0.3, -0.25) is 4.79 Å². The lowest BCUT2D eigenvalue weighted by molar-refractivity contribution is -0.121. The fourth-order valence-electron chi connectivity index (χ4n) is 2.33. The third-order valence-electron chi connectivity index (χ3n) is 3.62. The minimum atomic E-state index is -0.262. The van der Waals surface area contributed by atoms with Gasteiger partial charge in [0.1, 0.15) is 11.6 Å². The number of hydrogen-bond acceptors (Lipinski definition) is 2. The van der Waals surface area contributed by atoms with Crippen LogP contribution in [0.15, 0.2) is 48.5 Å². The normalized spacial score (nSPS) is 11.8. The topological polar surface area (TPSA) is 38.3 Å². The van der Waals surface area contributed by atoms with Gasteiger partial charge >= 0.3 is 0 Å². The molecular formula is C19H22FNO2. The molecule has 0 aliphatic rings. The van der Waals surface area contributed by atoms with Gasteiger partial charge in [-0.25, -0.2) is 4.39 Å². The molecule has 1 N–H and O–H groups in total. The van der Waals surface area contributed by atoms with Crippen molar-refractivity contribution in [1.29, 1.82) is 0 Å². The summed E-state index contributed by atoms with van der Waals surface area (Å²) in [6.07, 6.45) is 0.981. The SMILES string of the molecule is CCOc1ccc(C(C)NC(=O)CCc2ccc(F)cc2)cc1. The van der Waals surface area contributed by atoms with Crippen LogP contribution in [0.25, 0.3) is 0 Å². The van der Waals surface area contributed by atoms with Gasteiger partial charge in [-0.15, -0.1) is 0 Å². The standard InChI is InChI=1S/C19H22FNO2/c1-3-23-18-11-7-16(8-12-18)14(2)21-19(22)13-6-15-4-9-17(20)10-5-15/h4-5,7-12,14H,3,6,13H2,1-2H3,(H,21,22). The van der Waals surface area contributed by atoms with E-state index in [1.54, 1.807) is 12.1 Å². The Kier molecular flexibility index (Phi) is 6.15. The van der Waals surface area contributed by atoms with Crippen LogP contribution in [0.4, 0.5) is 4.39 Å². The number of rotatable bonds is 7. The number of carbonyl (C=O) groups is 1. The Hall–Kier alpha value is -2.36. The molecule has 2 rings (SSSR count). The van der Waals surface area contributed by atoms with E-state index in [9.17, 15) is 9.18 Å². The van der Waals surface area contributed by atoms with Crippen LogP contribution in [0.3, 0.4) is 0 Å². The van der Waals surface area contributed by atoms with Gasteiger partial charge in [-0.05, 0) is 55.7 Å². The molecule has 1 atom stereocenters. The van der Waals surface area contributed by atoms with Crippen LogP contribution in [0, 0.1) is 5.82 Å². The first-order valence-electron chi connectivity index (χ1n) is 7.85. The van der Waals surface area contributed by atoms with Crippen molar-refractivity contribution < 1.29 is 13.9 Å². The maximum Gasteiger partial charge on any atom is 0.220 e. The van der Waals surface area contributed by atoms with Crippen LogP contribution in [0.1, 0.15) is 37.4 Å². The first kappa shape index (κ1) is 17.0. The zero-order valence-corrected chi connectivity index (χ0v) is 13.5. The third kappa shape index (κ3) is 5.40. The maximum atomic E-state index is 12.8. The number of halogens is 1. The van der Waals surface area contributed by atoms with Crippen molar-refractivity contribution in [3.8, 4) is 5.75 Å². The van der Waals surface area contributed by atoms with Crippen LogP contribution in [0.2, 0.25) is 0 Å². The van der Waals surface area contributed by atoms with E-state index in [0.717, 1.165) is 16.9 Å². The van der Waals surface area contributed by atoms with Crippen molar-refractivity contribution in [1.82, 2.24) is 5.32 Å². The minimum Gasteiger partial charge on any atom is -0.494 e. The molecule has 23 heavy (non-hydrogen) atoms. The highest BCUT2D eigenvalue weighted by Crippen LogP contribution is 2.18. The Balaban J connectivity index is 1.82. The first-order chi connectivity index (χ1) is 11.1. The monoisotopic (exact) mass is 315 g/mol. The van der Waals surface area contributed by atoms with E-state index in [4.69, 9.17) is 4.74 Å². The Morgan fingerprint density at radius 2 is 1.78 bits per heavy atom. The zero-order chi connectivity index (χ0) is 16.7. The average molecular weight is 315 g/mol. The number of amides is 1. The minimum absolute atomic E-state index is 0.0179. The number of aryl methyl sites for hydroxylation is 1. The molecule has 1 unspecified atom stereocenters. The highest BCUT2D eigenvalue weighted by atomic mass is 19.1. The van der Waals surface area contributed by atoms with E-state index in [-0.39, 0.29) is 17.8 Å². The summed E-state index contributed by atoms with van der Waals surface area (Å²) in [6.45, 7) is 4.53. The third-order valence-corrected chi connectivity index (χ3v) is 3.62. The van der Waals surface area contributed by atoms with Crippen molar-refractivity contribution in [2.24, 2.45) is 0 Å². The second kappa shape index (κ2) is 8.32. The molecule has 122 valence electrons. The molecule has 0 saturated carbocycles.